The van der Waals surface area contributed by atoms with Crippen LogP contribution in [0.5, 0.6) is 0 Å². The smallest absolute Gasteiger partial charge is 0.232 e. The molecule has 118 valence electrons. The van der Waals surface area contributed by atoms with Gasteiger partial charge in [0.15, 0.2) is 0 Å². The number of hydrogen-bond acceptors (Lipinski definition) is 1. The molecule has 0 bridgehead atoms. The minimum absolute atomic E-state index is 0.0603. The third-order valence-corrected chi connectivity index (χ3v) is 4.37. The molecule has 0 radical (unpaired) electrons. The van der Waals surface area contributed by atoms with Gasteiger partial charge in [-0.05, 0) is 43.0 Å². The number of nitrogens with zero attached hydrogens (tertiary/aromatic N) is 1. The van der Waals surface area contributed by atoms with Crippen LogP contribution in [-0.4, -0.2) is 11.9 Å². The Kier molecular flexibility index (Phi) is 5.59. The lowest BCUT2D eigenvalue weighted by Crippen LogP contribution is -2.60. The molecule has 2 heteroatoms. The summed E-state index contributed by atoms with van der Waals surface area (Å²) < 4.78 is 0. The van der Waals surface area contributed by atoms with Crippen LogP contribution in [0, 0.1) is 5.92 Å². The van der Waals surface area contributed by atoms with E-state index in [-0.39, 0.29) is 17.9 Å². The Morgan fingerprint density at radius 1 is 1.23 bits per heavy atom. The highest BCUT2D eigenvalue weighted by Crippen LogP contribution is 2.37. The lowest BCUT2D eigenvalue weighted by Gasteiger charge is -2.46. The molecule has 1 aliphatic heterocycles. The highest BCUT2D eigenvalue weighted by molar-refractivity contribution is 6.04. The predicted octanol–water partition coefficient (Wildman–Crippen LogP) is 4.90. The molecule has 1 aliphatic rings. The number of aryl methyl sites for hydroxylation is 1. The first-order valence-corrected chi connectivity index (χ1v) is 8.38. The largest absolute Gasteiger partial charge is 0.304 e. The van der Waals surface area contributed by atoms with Crippen LogP contribution in [0.25, 0.3) is 0 Å². The van der Waals surface area contributed by atoms with E-state index < -0.39 is 0 Å². The second kappa shape index (κ2) is 7.44. The van der Waals surface area contributed by atoms with Gasteiger partial charge in [-0.1, -0.05) is 57.6 Å². The summed E-state index contributed by atoms with van der Waals surface area (Å²) in [5.41, 5.74) is 3.57. The van der Waals surface area contributed by atoms with Crippen molar-refractivity contribution in [1.82, 2.24) is 0 Å². The summed E-state index contributed by atoms with van der Waals surface area (Å²) in [6, 6.07) is 8.55. The Hall–Kier alpha value is -1.83. The van der Waals surface area contributed by atoms with E-state index in [1.165, 1.54) is 11.1 Å². The van der Waals surface area contributed by atoms with E-state index in [9.17, 15) is 4.79 Å². The van der Waals surface area contributed by atoms with E-state index in [0.717, 1.165) is 24.9 Å². The standard InChI is InChI=1S/C20H27NO/c1-5-8-10-17(9-6-2)19-15(4)20(22)21(19)18-13-11-16(7-3)12-14-18/h6,9-15,19H,5,7-8H2,1-4H3. The van der Waals surface area contributed by atoms with Gasteiger partial charge in [0.2, 0.25) is 5.91 Å². The van der Waals surface area contributed by atoms with Crippen molar-refractivity contribution in [2.24, 2.45) is 5.92 Å². The van der Waals surface area contributed by atoms with E-state index in [1.54, 1.807) is 0 Å². The number of carbonyl (C=O) groups is 1. The number of allylic oxidation sites excluding steroid dienone is 2. The molecule has 0 aromatic heterocycles. The zero-order valence-electron chi connectivity index (χ0n) is 14.2. The first-order valence-electron chi connectivity index (χ1n) is 8.38. The fourth-order valence-electron chi connectivity index (χ4n) is 3.04. The minimum atomic E-state index is 0.0603. The van der Waals surface area contributed by atoms with Crippen LogP contribution in [-0.2, 0) is 11.2 Å². The maximum absolute atomic E-state index is 12.4. The lowest BCUT2D eigenvalue weighted by molar-refractivity contribution is -0.128. The van der Waals surface area contributed by atoms with Gasteiger partial charge >= 0.3 is 0 Å². The summed E-state index contributed by atoms with van der Waals surface area (Å²) in [5, 5.41) is 0. The van der Waals surface area contributed by atoms with Gasteiger partial charge in [-0.2, -0.15) is 0 Å². The van der Waals surface area contributed by atoms with Gasteiger partial charge in [0.05, 0.1) is 12.0 Å². The maximum atomic E-state index is 12.4. The summed E-state index contributed by atoms with van der Waals surface area (Å²) in [4.78, 5) is 14.3. The van der Waals surface area contributed by atoms with Crippen molar-refractivity contribution in [3.05, 3.63) is 53.6 Å². The van der Waals surface area contributed by atoms with Crippen LogP contribution in [0.15, 0.2) is 48.1 Å². The first-order chi connectivity index (χ1) is 10.6. The van der Waals surface area contributed by atoms with E-state index in [2.05, 4.69) is 56.3 Å². The molecule has 1 fully saturated rings. The van der Waals surface area contributed by atoms with Gasteiger partial charge in [0, 0.05) is 5.69 Å². The highest BCUT2D eigenvalue weighted by atomic mass is 16.2. The monoisotopic (exact) mass is 297 g/mol. The van der Waals surface area contributed by atoms with Crippen molar-refractivity contribution < 1.29 is 4.79 Å². The van der Waals surface area contributed by atoms with Gasteiger partial charge in [-0.15, -0.1) is 0 Å². The fourth-order valence-corrected chi connectivity index (χ4v) is 3.04. The Bertz CT molecular complexity index is 568. The van der Waals surface area contributed by atoms with Crippen LogP contribution >= 0.6 is 0 Å². The van der Waals surface area contributed by atoms with Crippen molar-refractivity contribution >= 4 is 11.6 Å². The average molecular weight is 297 g/mol. The number of carbonyl (C=O) groups excluding carboxylic acids is 1. The first kappa shape index (κ1) is 16.5. The topological polar surface area (TPSA) is 20.3 Å². The van der Waals surface area contributed by atoms with Gasteiger partial charge in [0.25, 0.3) is 0 Å². The van der Waals surface area contributed by atoms with Gasteiger partial charge in [0.1, 0.15) is 0 Å². The van der Waals surface area contributed by atoms with Crippen LogP contribution in [0.4, 0.5) is 5.69 Å². The summed E-state index contributed by atoms with van der Waals surface area (Å²) in [6.45, 7) is 8.39. The molecule has 2 nitrogen and oxygen atoms in total. The highest BCUT2D eigenvalue weighted by Gasteiger charge is 2.46. The zero-order chi connectivity index (χ0) is 16.1. The molecule has 0 N–H and O–H groups in total. The molecule has 22 heavy (non-hydrogen) atoms. The Labute approximate surface area is 134 Å². The number of unbranched alkanes of at least 4 members (excludes halogenated alkanes) is 1. The molecule has 1 amide bonds. The fraction of sp³-hybridized carbons (Fsp3) is 0.450. The zero-order valence-corrected chi connectivity index (χ0v) is 14.2. The Morgan fingerprint density at radius 3 is 2.45 bits per heavy atom. The van der Waals surface area contributed by atoms with E-state index in [0.29, 0.717) is 0 Å². The third kappa shape index (κ3) is 3.16. The van der Waals surface area contributed by atoms with Crippen LogP contribution < -0.4 is 4.90 Å². The molecule has 1 heterocycles. The van der Waals surface area contributed by atoms with Gasteiger partial charge in [-0.25, -0.2) is 0 Å². The summed E-state index contributed by atoms with van der Waals surface area (Å²) in [5.74, 6) is 0.284. The minimum Gasteiger partial charge on any atom is -0.304 e. The molecular formula is C20H27NO. The molecule has 2 rings (SSSR count). The van der Waals surface area contributed by atoms with E-state index >= 15 is 0 Å². The third-order valence-electron chi connectivity index (χ3n) is 4.37. The number of amides is 1. The second-order valence-corrected chi connectivity index (χ2v) is 5.95. The molecule has 0 saturated carbocycles. The average Bonchev–Trinajstić information content (AvgIpc) is 2.56. The molecule has 0 spiro atoms. The number of anilines is 1. The normalized spacial score (nSPS) is 22.3. The molecule has 1 aromatic rings. The quantitative estimate of drug-likeness (QED) is 0.540. The number of benzene rings is 1. The lowest BCUT2D eigenvalue weighted by atomic mass is 9.82. The second-order valence-electron chi connectivity index (χ2n) is 5.95. The molecular weight excluding hydrogens is 270 g/mol. The van der Waals surface area contributed by atoms with Crippen molar-refractivity contribution in [1.29, 1.82) is 0 Å². The Morgan fingerprint density at radius 2 is 1.91 bits per heavy atom. The van der Waals surface area contributed by atoms with E-state index in [4.69, 9.17) is 0 Å². The van der Waals surface area contributed by atoms with Gasteiger partial charge in [-0.3, -0.25) is 4.79 Å². The summed E-state index contributed by atoms with van der Waals surface area (Å²) in [7, 11) is 0. The Balaban J connectivity index is 2.30. The summed E-state index contributed by atoms with van der Waals surface area (Å²) in [6.07, 6.45) is 9.70. The number of rotatable bonds is 6. The van der Waals surface area contributed by atoms with Crippen LogP contribution in [0.1, 0.15) is 46.1 Å². The molecule has 2 atom stereocenters. The summed E-state index contributed by atoms with van der Waals surface area (Å²) >= 11 is 0. The van der Waals surface area contributed by atoms with Crippen molar-refractivity contribution in [2.75, 3.05) is 4.90 Å². The predicted molar refractivity (Wildman–Crippen MR) is 94.1 cm³/mol. The molecule has 0 aliphatic carbocycles. The number of hydrogen-bond donors (Lipinski definition) is 0. The molecule has 2 unspecified atom stereocenters. The van der Waals surface area contributed by atoms with Crippen molar-refractivity contribution in [2.45, 2.75) is 53.0 Å². The van der Waals surface area contributed by atoms with Crippen LogP contribution in [0.3, 0.4) is 0 Å². The van der Waals surface area contributed by atoms with Crippen LogP contribution in [0.2, 0.25) is 0 Å². The molecule has 1 saturated heterocycles. The van der Waals surface area contributed by atoms with Crippen molar-refractivity contribution in [3.8, 4) is 0 Å². The van der Waals surface area contributed by atoms with Crippen molar-refractivity contribution in [3.63, 3.8) is 0 Å². The maximum Gasteiger partial charge on any atom is 0.232 e. The van der Waals surface area contributed by atoms with Gasteiger partial charge < -0.3 is 4.90 Å². The molecule has 1 aromatic carbocycles. The SMILES string of the molecule is CC=CC(=CCCC)C1C(C)C(=O)N1c1ccc(CC)cc1. The number of β-lactam (4-membered cyclic amide) rings is 1. The van der Waals surface area contributed by atoms with E-state index in [1.807, 2.05) is 18.7 Å².